The summed E-state index contributed by atoms with van der Waals surface area (Å²) in [6.45, 7) is 0. The lowest BCUT2D eigenvalue weighted by Gasteiger charge is -2.27. The lowest BCUT2D eigenvalue weighted by Crippen LogP contribution is -2.19. The van der Waals surface area contributed by atoms with Crippen molar-refractivity contribution < 1.29 is 0 Å². The molecule has 29 heavy (non-hydrogen) atoms. The SMILES string of the molecule is c1ccc2c(c1)CCCC2Nc1nc(Nc2cc(C3CC3)[nH]n2)nn2cccc12. The summed E-state index contributed by atoms with van der Waals surface area (Å²) in [5.74, 6) is 2.77. The van der Waals surface area contributed by atoms with Gasteiger partial charge in [0, 0.05) is 23.9 Å². The molecule has 1 unspecified atom stereocenters. The van der Waals surface area contributed by atoms with Gasteiger partial charge in [-0.05, 0) is 55.4 Å². The summed E-state index contributed by atoms with van der Waals surface area (Å²) >= 11 is 0. The highest BCUT2D eigenvalue weighted by atomic mass is 15.3. The molecule has 0 aliphatic heterocycles. The Bertz CT molecular complexity index is 1170. The minimum Gasteiger partial charge on any atom is -0.361 e. The summed E-state index contributed by atoms with van der Waals surface area (Å²) in [6, 6.07) is 15.1. The number of H-pyrrole nitrogens is 1. The molecule has 146 valence electrons. The van der Waals surface area contributed by atoms with Gasteiger partial charge in [-0.2, -0.15) is 10.1 Å². The van der Waals surface area contributed by atoms with Gasteiger partial charge >= 0.3 is 0 Å². The van der Waals surface area contributed by atoms with Crippen molar-refractivity contribution in [2.24, 2.45) is 0 Å². The molecular weight excluding hydrogens is 362 g/mol. The predicted molar refractivity (Wildman–Crippen MR) is 113 cm³/mol. The minimum absolute atomic E-state index is 0.258. The Morgan fingerprint density at radius 1 is 1.07 bits per heavy atom. The standard InChI is InChI=1S/C22H23N7/c1-2-7-16-14(5-1)6-3-8-17(16)23-21-19-9-4-12-29(19)28-22(25-21)24-20-13-18(26-27-20)15-10-11-15/h1-2,4-5,7,9,12-13,15,17H,3,6,8,10-11H2,(H3,23,24,25,26,27,28). The highest BCUT2D eigenvalue weighted by Gasteiger charge is 2.26. The second-order valence-corrected chi connectivity index (χ2v) is 8.02. The van der Waals surface area contributed by atoms with Gasteiger partial charge in [-0.15, -0.1) is 5.10 Å². The normalized spacial score (nSPS) is 18.6. The van der Waals surface area contributed by atoms with Crippen LogP contribution in [-0.2, 0) is 6.42 Å². The van der Waals surface area contributed by atoms with Gasteiger partial charge in [-0.1, -0.05) is 24.3 Å². The van der Waals surface area contributed by atoms with Crippen LogP contribution in [0.4, 0.5) is 17.6 Å². The minimum atomic E-state index is 0.258. The highest BCUT2D eigenvalue weighted by molar-refractivity contribution is 5.70. The van der Waals surface area contributed by atoms with E-state index in [4.69, 9.17) is 4.98 Å². The average Bonchev–Trinajstić information content (AvgIpc) is 3.30. The fourth-order valence-electron chi connectivity index (χ4n) is 4.28. The molecule has 0 amide bonds. The summed E-state index contributed by atoms with van der Waals surface area (Å²) in [7, 11) is 0. The zero-order chi connectivity index (χ0) is 19.2. The predicted octanol–water partition coefficient (Wildman–Crippen LogP) is 4.56. The maximum Gasteiger partial charge on any atom is 0.248 e. The zero-order valence-electron chi connectivity index (χ0n) is 16.1. The van der Waals surface area contributed by atoms with E-state index in [0.29, 0.717) is 11.9 Å². The Morgan fingerprint density at radius 2 is 2.00 bits per heavy atom. The molecular formula is C22H23N7. The number of rotatable bonds is 5. The first-order chi connectivity index (χ1) is 14.3. The second-order valence-electron chi connectivity index (χ2n) is 8.02. The number of fused-ring (bicyclic) bond motifs is 2. The lowest BCUT2D eigenvalue weighted by molar-refractivity contribution is 0.598. The van der Waals surface area contributed by atoms with Crippen molar-refractivity contribution in [1.82, 2.24) is 24.8 Å². The molecule has 3 N–H and O–H groups in total. The molecule has 1 saturated carbocycles. The summed E-state index contributed by atoms with van der Waals surface area (Å²) < 4.78 is 1.86. The molecule has 1 fully saturated rings. The van der Waals surface area contributed by atoms with Crippen LogP contribution in [0.5, 0.6) is 0 Å². The number of benzene rings is 1. The largest absolute Gasteiger partial charge is 0.361 e. The van der Waals surface area contributed by atoms with Gasteiger partial charge in [0.25, 0.3) is 0 Å². The lowest BCUT2D eigenvalue weighted by atomic mass is 9.88. The van der Waals surface area contributed by atoms with Crippen molar-refractivity contribution in [3.8, 4) is 0 Å². The van der Waals surface area contributed by atoms with Crippen molar-refractivity contribution in [3.05, 3.63) is 65.5 Å². The number of anilines is 3. The molecule has 2 aliphatic rings. The van der Waals surface area contributed by atoms with Crippen LogP contribution in [0.25, 0.3) is 5.52 Å². The Hall–Kier alpha value is -3.35. The van der Waals surface area contributed by atoms with Gasteiger partial charge in [-0.25, -0.2) is 4.52 Å². The topological polar surface area (TPSA) is 82.9 Å². The number of nitrogens with zero attached hydrogens (tertiary/aromatic N) is 4. The van der Waals surface area contributed by atoms with Gasteiger partial charge in [0.2, 0.25) is 5.95 Å². The van der Waals surface area contributed by atoms with Crippen molar-refractivity contribution in [3.63, 3.8) is 0 Å². The maximum absolute atomic E-state index is 4.80. The molecule has 7 heteroatoms. The zero-order valence-corrected chi connectivity index (χ0v) is 16.1. The van der Waals surface area contributed by atoms with E-state index in [1.165, 1.54) is 36.1 Å². The number of aromatic nitrogens is 5. The monoisotopic (exact) mass is 385 g/mol. The molecule has 1 aromatic carbocycles. The van der Waals surface area contributed by atoms with E-state index in [2.05, 4.69) is 56.3 Å². The van der Waals surface area contributed by atoms with Gasteiger partial charge in [0.05, 0.1) is 6.04 Å². The molecule has 0 bridgehead atoms. The first-order valence-corrected chi connectivity index (χ1v) is 10.4. The number of hydrogen-bond acceptors (Lipinski definition) is 5. The summed E-state index contributed by atoms with van der Waals surface area (Å²) in [6.07, 6.45) is 7.85. The van der Waals surface area contributed by atoms with E-state index in [9.17, 15) is 0 Å². The number of hydrogen-bond donors (Lipinski definition) is 3. The van der Waals surface area contributed by atoms with E-state index in [1.54, 1.807) is 0 Å². The second kappa shape index (κ2) is 6.62. The summed E-state index contributed by atoms with van der Waals surface area (Å²) in [5, 5.41) is 19.0. The van der Waals surface area contributed by atoms with Crippen LogP contribution in [0.3, 0.4) is 0 Å². The Morgan fingerprint density at radius 3 is 2.93 bits per heavy atom. The van der Waals surface area contributed by atoms with Crippen LogP contribution >= 0.6 is 0 Å². The average molecular weight is 385 g/mol. The van der Waals surface area contributed by atoms with E-state index in [-0.39, 0.29) is 6.04 Å². The molecule has 6 rings (SSSR count). The van der Waals surface area contributed by atoms with E-state index < -0.39 is 0 Å². The number of nitrogens with one attached hydrogen (secondary N) is 3. The van der Waals surface area contributed by atoms with Crippen LogP contribution in [0, 0.1) is 0 Å². The molecule has 3 heterocycles. The molecule has 0 radical (unpaired) electrons. The maximum atomic E-state index is 4.80. The molecule has 3 aromatic heterocycles. The van der Waals surface area contributed by atoms with Crippen LogP contribution in [-0.4, -0.2) is 24.8 Å². The fraction of sp³-hybridized carbons (Fsp3) is 0.318. The number of aryl methyl sites for hydroxylation is 1. The molecule has 7 nitrogen and oxygen atoms in total. The molecule has 1 atom stereocenters. The van der Waals surface area contributed by atoms with Crippen molar-refractivity contribution in [1.29, 1.82) is 0 Å². The van der Waals surface area contributed by atoms with Gasteiger partial charge in [0.15, 0.2) is 11.6 Å². The first kappa shape index (κ1) is 16.6. The Labute approximate surface area is 168 Å². The van der Waals surface area contributed by atoms with E-state index >= 15 is 0 Å². The van der Waals surface area contributed by atoms with Crippen LogP contribution in [0.1, 0.15) is 54.5 Å². The third kappa shape index (κ3) is 3.12. The van der Waals surface area contributed by atoms with Crippen molar-refractivity contribution in [2.45, 2.75) is 44.1 Å². The van der Waals surface area contributed by atoms with Crippen molar-refractivity contribution in [2.75, 3.05) is 10.6 Å². The first-order valence-electron chi connectivity index (χ1n) is 10.4. The quantitative estimate of drug-likeness (QED) is 0.469. The molecule has 4 aromatic rings. The van der Waals surface area contributed by atoms with Crippen LogP contribution in [0.2, 0.25) is 0 Å². The smallest absolute Gasteiger partial charge is 0.248 e. The Kier molecular flexibility index (Phi) is 3.78. The van der Waals surface area contributed by atoms with Crippen LogP contribution in [0.15, 0.2) is 48.7 Å². The van der Waals surface area contributed by atoms with Gasteiger partial charge in [0.1, 0.15) is 5.52 Å². The van der Waals surface area contributed by atoms with E-state index in [0.717, 1.165) is 30.0 Å². The fourth-order valence-corrected chi connectivity index (χ4v) is 4.28. The van der Waals surface area contributed by atoms with Gasteiger partial charge < -0.3 is 10.6 Å². The molecule has 2 aliphatic carbocycles. The summed E-state index contributed by atoms with van der Waals surface area (Å²) in [4.78, 5) is 4.80. The van der Waals surface area contributed by atoms with Crippen molar-refractivity contribution >= 4 is 23.1 Å². The highest BCUT2D eigenvalue weighted by Crippen LogP contribution is 2.39. The Balaban J connectivity index is 1.32. The van der Waals surface area contributed by atoms with Gasteiger partial charge in [-0.3, -0.25) is 5.10 Å². The van der Waals surface area contributed by atoms with Crippen LogP contribution < -0.4 is 10.6 Å². The summed E-state index contributed by atoms with van der Waals surface area (Å²) in [5.41, 5.74) is 4.96. The third-order valence-electron chi connectivity index (χ3n) is 5.93. The molecule has 0 saturated heterocycles. The molecule has 0 spiro atoms. The van der Waals surface area contributed by atoms with E-state index in [1.807, 2.05) is 22.8 Å². The number of aromatic amines is 1. The third-order valence-corrected chi connectivity index (χ3v) is 5.93.